The summed E-state index contributed by atoms with van der Waals surface area (Å²) in [6.45, 7) is 2.39. The van der Waals surface area contributed by atoms with E-state index in [0.717, 1.165) is 34.5 Å². The molecule has 0 atom stereocenters. The van der Waals surface area contributed by atoms with E-state index in [1.165, 1.54) is 0 Å². The molecule has 0 radical (unpaired) electrons. The maximum Gasteiger partial charge on any atom is 0.150 e. The number of ether oxygens (including phenoxy) is 1. The number of aryl methyl sites for hydroxylation is 1. The van der Waals surface area contributed by atoms with Gasteiger partial charge in [-0.25, -0.2) is 4.98 Å². The van der Waals surface area contributed by atoms with E-state index in [9.17, 15) is 4.79 Å². The van der Waals surface area contributed by atoms with Crippen LogP contribution in [0.2, 0.25) is 0 Å². The van der Waals surface area contributed by atoms with Gasteiger partial charge in [-0.15, -0.1) is 0 Å². The Bertz CT molecular complexity index is 762. The molecule has 100 valence electrons. The second kappa shape index (κ2) is 5.17. The van der Waals surface area contributed by atoms with Gasteiger partial charge in [0.2, 0.25) is 0 Å². The van der Waals surface area contributed by atoms with E-state index in [0.29, 0.717) is 12.2 Å². The molecule has 3 rings (SSSR count). The highest BCUT2D eigenvalue weighted by atomic mass is 16.5. The first-order chi connectivity index (χ1) is 9.74. The largest absolute Gasteiger partial charge is 0.486 e. The second-order valence-electron chi connectivity index (χ2n) is 4.68. The highest BCUT2D eigenvalue weighted by molar-refractivity contribution is 5.84. The SMILES string of the molecule is Cc1cccc(OCc2nc3ccc(C=O)cc3[nH]2)c1. The Kier molecular flexibility index (Phi) is 3.21. The zero-order valence-corrected chi connectivity index (χ0v) is 11.1. The number of hydrogen-bond donors (Lipinski definition) is 1. The topological polar surface area (TPSA) is 55.0 Å². The Labute approximate surface area is 116 Å². The minimum absolute atomic E-state index is 0.370. The minimum atomic E-state index is 0.370. The maximum absolute atomic E-state index is 10.7. The van der Waals surface area contributed by atoms with Gasteiger partial charge < -0.3 is 9.72 Å². The van der Waals surface area contributed by atoms with E-state index in [-0.39, 0.29) is 0 Å². The zero-order chi connectivity index (χ0) is 13.9. The number of H-pyrrole nitrogens is 1. The second-order valence-corrected chi connectivity index (χ2v) is 4.68. The summed E-state index contributed by atoms with van der Waals surface area (Å²) in [5.41, 5.74) is 3.46. The normalized spacial score (nSPS) is 10.7. The summed E-state index contributed by atoms with van der Waals surface area (Å²) < 4.78 is 5.70. The van der Waals surface area contributed by atoms with Crippen molar-refractivity contribution in [3.8, 4) is 5.75 Å². The molecular weight excluding hydrogens is 252 g/mol. The highest BCUT2D eigenvalue weighted by Gasteiger charge is 2.04. The van der Waals surface area contributed by atoms with Gasteiger partial charge >= 0.3 is 0 Å². The molecule has 0 saturated carbocycles. The third-order valence-corrected chi connectivity index (χ3v) is 3.06. The van der Waals surface area contributed by atoms with E-state index >= 15 is 0 Å². The molecule has 0 unspecified atom stereocenters. The molecule has 4 nitrogen and oxygen atoms in total. The molecule has 0 bridgehead atoms. The van der Waals surface area contributed by atoms with Crippen LogP contribution in [0.4, 0.5) is 0 Å². The van der Waals surface area contributed by atoms with Crippen molar-refractivity contribution in [1.29, 1.82) is 0 Å². The van der Waals surface area contributed by atoms with Crippen LogP contribution in [0.3, 0.4) is 0 Å². The highest BCUT2D eigenvalue weighted by Crippen LogP contribution is 2.16. The van der Waals surface area contributed by atoms with Crippen LogP contribution in [0.15, 0.2) is 42.5 Å². The van der Waals surface area contributed by atoms with Gasteiger partial charge in [0.25, 0.3) is 0 Å². The number of aldehydes is 1. The average Bonchev–Trinajstić information content (AvgIpc) is 2.87. The number of imidazole rings is 1. The number of carbonyl (C=O) groups excluding carboxylic acids is 1. The lowest BCUT2D eigenvalue weighted by Crippen LogP contribution is -1.97. The Morgan fingerprint density at radius 3 is 2.95 bits per heavy atom. The summed E-state index contributed by atoms with van der Waals surface area (Å²) in [5, 5.41) is 0. The number of aromatic amines is 1. The molecule has 0 fully saturated rings. The van der Waals surface area contributed by atoms with Crippen LogP contribution in [0, 0.1) is 6.92 Å². The van der Waals surface area contributed by atoms with Gasteiger partial charge in [0.1, 0.15) is 24.5 Å². The van der Waals surface area contributed by atoms with E-state index in [1.807, 2.05) is 37.3 Å². The molecule has 0 aliphatic carbocycles. The number of carbonyl (C=O) groups is 1. The molecule has 0 spiro atoms. The van der Waals surface area contributed by atoms with Gasteiger partial charge in [0, 0.05) is 5.56 Å². The lowest BCUT2D eigenvalue weighted by molar-refractivity contribution is 0.112. The number of hydrogen-bond acceptors (Lipinski definition) is 3. The first-order valence-corrected chi connectivity index (χ1v) is 6.38. The van der Waals surface area contributed by atoms with Crippen LogP contribution in [0.5, 0.6) is 5.75 Å². The first kappa shape index (κ1) is 12.4. The Hall–Kier alpha value is -2.62. The summed E-state index contributed by atoms with van der Waals surface area (Å²) in [5.74, 6) is 1.56. The summed E-state index contributed by atoms with van der Waals surface area (Å²) in [6, 6.07) is 13.2. The molecule has 1 heterocycles. The number of nitrogens with one attached hydrogen (secondary N) is 1. The van der Waals surface area contributed by atoms with E-state index in [2.05, 4.69) is 9.97 Å². The van der Waals surface area contributed by atoms with Crippen LogP contribution in [-0.2, 0) is 6.61 Å². The minimum Gasteiger partial charge on any atom is -0.486 e. The van der Waals surface area contributed by atoms with Gasteiger partial charge in [-0.3, -0.25) is 4.79 Å². The van der Waals surface area contributed by atoms with Crippen molar-refractivity contribution in [2.45, 2.75) is 13.5 Å². The fraction of sp³-hybridized carbons (Fsp3) is 0.125. The lowest BCUT2D eigenvalue weighted by atomic mass is 10.2. The van der Waals surface area contributed by atoms with Crippen molar-refractivity contribution < 1.29 is 9.53 Å². The number of fused-ring (bicyclic) bond motifs is 1. The molecule has 3 aromatic rings. The number of rotatable bonds is 4. The molecule has 0 amide bonds. The van der Waals surface area contributed by atoms with Gasteiger partial charge in [0.05, 0.1) is 11.0 Å². The van der Waals surface area contributed by atoms with E-state index < -0.39 is 0 Å². The van der Waals surface area contributed by atoms with Crippen molar-refractivity contribution in [2.24, 2.45) is 0 Å². The van der Waals surface area contributed by atoms with Crippen molar-refractivity contribution in [3.05, 3.63) is 59.4 Å². The standard InChI is InChI=1S/C16H14N2O2/c1-11-3-2-4-13(7-11)20-10-16-17-14-6-5-12(9-19)8-15(14)18-16/h2-9H,10H2,1H3,(H,17,18). The molecule has 1 aromatic heterocycles. The number of benzene rings is 2. The summed E-state index contributed by atoms with van der Waals surface area (Å²) in [6.07, 6.45) is 0.823. The Balaban J connectivity index is 1.79. The molecule has 4 heteroatoms. The van der Waals surface area contributed by atoms with Crippen LogP contribution < -0.4 is 4.74 Å². The third-order valence-electron chi connectivity index (χ3n) is 3.06. The molecule has 1 N–H and O–H groups in total. The fourth-order valence-electron chi connectivity index (χ4n) is 2.08. The molecule has 2 aromatic carbocycles. The Morgan fingerprint density at radius 2 is 2.15 bits per heavy atom. The third kappa shape index (κ3) is 2.54. The van der Waals surface area contributed by atoms with E-state index in [4.69, 9.17) is 4.74 Å². The number of aromatic nitrogens is 2. The summed E-state index contributed by atoms with van der Waals surface area (Å²) in [4.78, 5) is 18.3. The summed E-state index contributed by atoms with van der Waals surface area (Å²) in [7, 11) is 0. The van der Waals surface area contributed by atoms with Crippen LogP contribution >= 0.6 is 0 Å². The molecule has 0 aliphatic rings. The average molecular weight is 266 g/mol. The molecule has 0 saturated heterocycles. The monoisotopic (exact) mass is 266 g/mol. The lowest BCUT2D eigenvalue weighted by Gasteiger charge is -2.04. The van der Waals surface area contributed by atoms with Gasteiger partial charge in [-0.1, -0.05) is 12.1 Å². The molecular formula is C16H14N2O2. The van der Waals surface area contributed by atoms with Crippen molar-refractivity contribution in [1.82, 2.24) is 9.97 Å². The fourth-order valence-corrected chi connectivity index (χ4v) is 2.08. The first-order valence-electron chi connectivity index (χ1n) is 6.38. The van der Waals surface area contributed by atoms with Gasteiger partial charge in [-0.2, -0.15) is 0 Å². The molecule has 0 aliphatic heterocycles. The van der Waals surface area contributed by atoms with Gasteiger partial charge in [-0.05, 0) is 42.8 Å². The van der Waals surface area contributed by atoms with Gasteiger partial charge in [0.15, 0.2) is 0 Å². The Morgan fingerprint density at radius 1 is 1.25 bits per heavy atom. The molecule has 20 heavy (non-hydrogen) atoms. The van der Waals surface area contributed by atoms with Crippen LogP contribution in [-0.4, -0.2) is 16.3 Å². The smallest absolute Gasteiger partial charge is 0.150 e. The zero-order valence-electron chi connectivity index (χ0n) is 11.1. The number of nitrogens with zero attached hydrogens (tertiary/aromatic N) is 1. The van der Waals surface area contributed by atoms with Crippen molar-refractivity contribution in [3.63, 3.8) is 0 Å². The summed E-state index contributed by atoms with van der Waals surface area (Å²) >= 11 is 0. The quantitative estimate of drug-likeness (QED) is 0.737. The maximum atomic E-state index is 10.7. The van der Waals surface area contributed by atoms with Crippen LogP contribution in [0.25, 0.3) is 11.0 Å². The van der Waals surface area contributed by atoms with Crippen molar-refractivity contribution in [2.75, 3.05) is 0 Å². The predicted octanol–water partition coefficient (Wildman–Crippen LogP) is 3.26. The van der Waals surface area contributed by atoms with E-state index in [1.54, 1.807) is 12.1 Å². The predicted molar refractivity (Wildman–Crippen MR) is 77.0 cm³/mol. The van der Waals surface area contributed by atoms with Crippen LogP contribution in [0.1, 0.15) is 21.7 Å². The van der Waals surface area contributed by atoms with Crippen molar-refractivity contribution >= 4 is 17.3 Å².